The molecule has 0 aliphatic carbocycles. The van der Waals surface area contributed by atoms with Crippen molar-refractivity contribution in [3.05, 3.63) is 263 Å². The van der Waals surface area contributed by atoms with Gasteiger partial charge in [-0.05, 0) is 223 Å². The molecular weight excluding hydrogens is 1880 g/mol. The molecule has 14 N–H and O–H groups in total. The first-order valence-electron chi connectivity index (χ1n) is 42.5. The van der Waals surface area contributed by atoms with Crippen molar-refractivity contribution in [3.63, 3.8) is 0 Å². The predicted octanol–water partition coefficient (Wildman–Crippen LogP) is 22.3. The van der Waals surface area contributed by atoms with Gasteiger partial charge in [0.1, 0.15) is 116 Å². The molecule has 0 amide bonds. The Hall–Kier alpha value is -15.8. The van der Waals surface area contributed by atoms with Gasteiger partial charge >= 0.3 is 0 Å². The zero-order valence-electron chi connectivity index (χ0n) is 75.0. The number of nitro benzene ring substituents is 2. The van der Waals surface area contributed by atoms with Crippen LogP contribution < -0.4 is 29.1 Å². The first kappa shape index (κ1) is 109. The van der Waals surface area contributed by atoms with E-state index in [2.05, 4.69) is 91.6 Å². The van der Waals surface area contributed by atoms with Gasteiger partial charge in [-0.25, -0.2) is 0 Å². The smallest absolute Gasteiger partial charge is 0.296 e. The van der Waals surface area contributed by atoms with Crippen LogP contribution in [0.25, 0.3) is 0 Å². The fourth-order valence-corrected chi connectivity index (χ4v) is 12.3. The molecule has 0 spiro atoms. The van der Waals surface area contributed by atoms with E-state index in [1.807, 2.05) is 44.7 Å². The van der Waals surface area contributed by atoms with Crippen molar-refractivity contribution in [2.24, 2.45) is 81.8 Å². The largest absolute Gasteiger partial charge is 0.506 e. The van der Waals surface area contributed by atoms with Gasteiger partial charge in [0.05, 0.1) is 70.4 Å². The minimum Gasteiger partial charge on any atom is -0.506 e. The number of ether oxygens (including phenoxy) is 2. The number of rotatable bonds is 42. The summed E-state index contributed by atoms with van der Waals surface area (Å²) in [6.07, 6.45) is 1.12. The fourth-order valence-electron chi connectivity index (χ4n) is 12.3. The number of benzene rings is 12. The molecule has 2 radical (unpaired) electrons. The van der Waals surface area contributed by atoms with Crippen LogP contribution in [0.15, 0.2) is 324 Å². The molecule has 12 aromatic carbocycles. The molecule has 0 fully saturated rings. The maximum Gasteiger partial charge on any atom is 0.296 e. The van der Waals surface area contributed by atoms with Gasteiger partial charge in [-0.1, -0.05) is 24.3 Å². The van der Waals surface area contributed by atoms with Crippen LogP contribution in [-0.2, 0) is 33.6 Å². The Morgan fingerprint density at radius 1 is 0.254 bits per heavy atom. The number of phenols is 8. The van der Waals surface area contributed by atoms with Gasteiger partial charge in [0.15, 0.2) is 11.4 Å². The van der Waals surface area contributed by atoms with Gasteiger partial charge in [0, 0.05) is 158 Å². The quantitative estimate of drug-likeness (QED) is 0.00960. The minimum absolute atomic E-state index is 0. The Morgan fingerprint density at radius 2 is 0.500 bits per heavy atom. The molecule has 0 saturated carbocycles. The number of anilines is 4. The molecule has 0 saturated heterocycles. The number of nitrogens with zero attached hydrogens (tertiary/aromatic N) is 22. The minimum atomic E-state index is -0.539. The van der Waals surface area contributed by atoms with Crippen LogP contribution in [-0.4, -0.2) is 187 Å². The van der Waals surface area contributed by atoms with E-state index in [1.54, 1.807) is 144 Å². The Kier molecular flexibility index (Phi) is 45.7. The number of azo groups is 8. The molecule has 726 valence electrons. The number of hydrogen-bond donors (Lipinski definition) is 14. The van der Waals surface area contributed by atoms with Crippen LogP contribution in [0.1, 0.15) is 40.5 Å². The van der Waals surface area contributed by atoms with Crippen LogP contribution >= 0.6 is 0 Å². The van der Waals surface area contributed by atoms with Crippen molar-refractivity contribution in [2.75, 3.05) is 125 Å². The van der Waals surface area contributed by atoms with Crippen LogP contribution in [0, 0.1) is 20.2 Å². The number of aromatic hydroxyl groups is 8. The molecule has 0 unspecified atom stereocenters. The van der Waals surface area contributed by atoms with Crippen LogP contribution in [0.4, 0.5) is 125 Å². The summed E-state index contributed by atoms with van der Waals surface area (Å²) < 4.78 is 10.6. The standard InChI is InChI=1S/C26H31N5O6.C24H27N5O6.2C22H22N6O4.2Co/c32-13-1-11-31(12-2-14-33)21-6-9-23(26(36)18-21)29-30-24-17-20(5-10-25(24)35)28-27-19-3-7-22(8-4-19)37-16-15-34;30-11-9-29(10-12-31)19-4-7-21(24(34)16-19)27-28-22-15-18(3-8-23(22)33)26-25-17-1-5-20(6-2-17)35-14-13-32;2*1-3-27(4-2)16-10-11-18(22(30)14-16)25-26-19-13-15(9-12-21(19)29)23-24-17-7-5-6-8-20(17)28(31)32;;/h3-10,17-18,32-36H,1-2,11-16H2;1-8,15-16,30-34H,9-14H2;2*5-14,29-30H,3-4H2,1-2H3;;. The molecule has 0 aliphatic heterocycles. The average molecular weight is 1980 g/mol. The van der Waals surface area contributed by atoms with Crippen molar-refractivity contribution in [2.45, 2.75) is 40.5 Å². The average Bonchev–Trinajstić information content (AvgIpc) is 0.842. The molecule has 0 heterocycles. The molecule has 42 nitrogen and oxygen atoms in total. The van der Waals surface area contributed by atoms with E-state index in [9.17, 15) is 71.3 Å². The summed E-state index contributed by atoms with van der Waals surface area (Å²) in [5.74, 6) is 0.394. The van der Waals surface area contributed by atoms with E-state index in [-0.39, 0.29) is 201 Å². The Bertz CT molecular complexity index is 5980. The zero-order chi connectivity index (χ0) is 97.7. The summed E-state index contributed by atoms with van der Waals surface area (Å²) in [5.41, 5.74) is 7.01. The van der Waals surface area contributed by atoms with Gasteiger partial charge in [0.25, 0.3) is 11.4 Å². The molecule has 0 atom stereocenters. The van der Waals surface area contributed by atoms with E-state index in [4.69, 9.17) is 29.9 Å². The molecular formula is C94H102Co2N22O20. The third-order valence-corrected chi connectivity index (χ3v) is 19.3. The van der Waals surface area contributed by atoms with Crippen molar-refractivity contribution in [1.29, 1.82) is 0 Å². The summed E-state index contributed by atoms with van der Waals surface area (Å²) in [6.45, 7) is 13.3. The monoisotopic (exact) mass is 1980 g/mol. The Balaban J connectivity index is 0.000000250. The van der Waals surface area contributed by atoms with Crippen molar-refractivity contribution in [1.82, 2.24) is 0 Å². The maximum atomic E-state index is 11.1. The third-order valence-electron chi connectivity index (χ3n) is 19.3. The second-order valence-electron chi connectivity index (χ2n) is 28.5. The number of nitro groups is 2. The summed E-state index contributed by atoms with van der Waals surface area (Å²) >= 11 is 0. The number of phenolic OH excluding ortho intramolecular Hbond substituents is 8. The van der Waals surface area contributed by atoms with Crippen molar-refractivity contribution in [3.8, 4) is 57.5 Å². The van der Waals surface area contributed by atoms with E-state index < -0.39 is 9.85 Å². The van der Waals surface area contributed by atoms with Crippen molar-refractivity contribution < 1.29 is 124 Å². The molecule has 138 heavy (non-hydrogen) atoms. The second-order valence-corrected chi connectivity index (χ2v) is 28.5. The molecule has 44 heteroatoms. The Morgan fingerprint density at radius 3 is 0.761 bits per heavy atom. The van der Waals surface area contributed by atoms with Gasteiger partial charge in [-0.3, -0.25) is 20.2 Å². The van der Waals surface area contributed by atoms with E-state index in [1.165, 1.54) is 91.0 Å². The van der Waals surface area contributed by atoms with Crippen LogP contribution in [0.5, 0.6) is 57.5 Å². The number of hydrogen-bond acceptors (Lipinski definition) is 40. The SMILES string of the molecule is CCN(CC)c1ccc(N=Nc2cc(N=Nc3ccccc3[N+](=O)[O-])ccc2O)c(O)c1.CCN(CC)c1ccc(N=Nc2cc(N=Nc3ccccc3[N+](=O)[O-])ccc2O)c(O)c1.OCCCN(CCCO)c1ccc(N=Nc2cc(N=Nc3ccc(OCCO)cc3)ccc2O)c(O)c1.OCCOc1ccc(N=Nc2ccc(O)c(N=Nc3ccc(N(CCO)CCO)cc3O)c2)cc1.[Co].[Co]. The summed E-state index contributed by atoms with van der Waals surface area (Å²) in [6, 6.07) is 63.0. The maximum absolute atomic E-state index is 11.1. The van der Waals surface area contributed by atoms with E-state index in [0.29, 0.717) is 90.3 Å². The topological polar surface area (TPSA) is 599 Å². The van der Waals surface area contributed by atoms with E-state index in [0.717, 1.165) is 43.2 Å². The zero-order valence-corrected chi connectivity index (χ0v) is 77.1. The predicted molar refractivity (Wildman–Crippen MR) is 512 cm³/mol. The summed E-state index contributed by atoms with van der Waals surface area (Å²) in [4.78, 5) is 28.9. The number of para-hydroxylation sites is 2. The molecule has 0 bridgehead atoms. The molecule has 0 aromatic heterocycles. The first-order valence-corrected chi connectivity index (χ1v) is 42.5. The molecule has 12 rings (SSSR count). The first-order chi connectivity index (χ1) is 65.9. The third kappa shape index (κ3) is 34.0. The molecule has 12 aromatic rings. The number of aliphatic hydroxyl groups is 6. The van der Waals surface area contributed by atoms with E-state index >= 15 is 0 Å². The molecule has 0 aliphatic rings. The van der Waals surface area contributed by atoms with Gasteiger partial charge in [-0.15, -0.1) is 51.1 Å². The van der Waals surface area contributed by atoms with Gasteiger partial charge in [-0.2, -0.15) is 30.7 Å². The van der Waals surface area contributed by atoms with Crippen LogP contribution in [0.3, 0.4) is 0 Å². The Labute approximate surface area is 812 Å². The number of aliphatic hydroxyl groups excluding tert-OH is 6. The summed E-state index contributed by atoms with van der Waals surface area (Å²) in [7, 11) is 0. The van der Waals surface area contributed by atoms with Crippen molar-refractivity contribution >= 4 is 125 Å². The second kappa shape index (κ2) is 57.7. The normalized spacial score (nSPS) is 11.2. The van der Waals surface area contributed by atoms with Gasteiger partial charge < -0.3 is 101 Å². The van der Waals surface area contributed by atoms with Gasteiger partial charge in [0.2, 0.25) is 0 Å². The van der Waals surface area contributed by atoms with Crippen LogP contribution in [0.2, 0.25) is 0 Å². The fraction of sp³-hybridized carbons (Fsp3) is 0.234. The summed E-state index contributed by atoms with van der Waals surface area (Å²) in [5, 5.41) is 223.